The molecule has 0 atom stereocenters. The molecular formula is C15H15N3O3. The Morgan fingerprint density at radius 1 is 1.19 bits per heavy atom. The Labute approximate surface area is 121 Å². The molecule has 0 bridgehead atoms. The minimum atomic E-state index is -0.581. The number of nitrogen functional groups attached to an aromatic ring is 1. The van der Waals surface area contributed by atoms with Crippen molar-refractivity contribution in [3.63, 3.8) is 0 Å². The van der Waals surface area contributed by atoms with E-state index >= 15 is 0 Å². The van der Waals surface area contributed by atoms with E-state index in [1.807, 2.05) is 13.0 Å². The minimum Gasteiger partial charge on any atom is -0.452 e. The number of benzene rings is 1. The van der Waals surface area contributed by atoms with Crippen LogP contribution in [-0.2, 0) is 9.53 Å². The Kier molecular flexibility index (Phi) is 4.50. The number of hydrogen-bond donors (Lipinski definition) is 2. The molecule has 2 aromatic rings. The molecule has 6 heteroatoms. The predicted octanol–water partition coefficient (Wildman–Crippen LogP) is 1.77. The fourth-order valence-corrected chi connectivity index (χ4v) is 1.63. The number of nitrogens with two attached hydrogens (primary N) is 1. The molecular weight excluding hydrogens is 270 g/mol. The second kappa shape index (κ2) is 6.51. The van der Waals surface area contributed by atoms with Crippen LogP contribution in [0.5, 0.6) is 0 Å². The third-order valence-electron chi connectivity index (χ3n) is 2.64. The van der Waals surface area contributed by atoms with E-state index in [4.69, 9.17) is 10.5 Å². The first-order chi connectivity index (χ1) is 10.0. The predicted molar refractivity (Wildman–Crippen MR) is 78.7 cm³/mol. The summed E-state index contributed by atoms with van der Waals surface area (Å²) >= 11 is 0. The molecule has 21 heavy (non-hydrogen) atoms. The molecule has 3 N–H and O–H groups in total. The maximum atomic E-state index is 11.7. The van der Waals surface area contributed by atoms with Crippen LogP contribution in [0.3, 0.4) is 0 Å². The number of esters is 1. The van der Waals surface area contributed by atoms with E-state index in [1.54, 1.807) is 24.3 Å². The number of anilines is 2. The number of ether oxygens (including phenoxy) is 1. The third kappa shape index (κ3) is 4.31. The van der Waals surface area contributed by atoms with Crippen molar-refractivity contribution in [2.24, 2.45) is 0 Å². The average molecular weight is 285 g/mol. The molecule has 0 unspecified atom stereocenters. The molecule has 108 valence electrons. The number of pyridine rings is 1. The van der Waals surface area contributed by atoms with Gasteiger partial charge in [-0.15, -0.1) is 0 Å². The second-order valence-electron chi connectivity index (χ2n) is 4.41. The van der Waals surface area contributed by atoms with E-state index in [0.717, 1.165) is 5.69 Å². The molecule has 1 aromatic heterocycles. The number of hydrogen-bond acceptors (Lipinski definition) is 5. The first-order valence-electron chi connectivity index (χ1n) is 6.31. The van der Waals surface area contributed by atoms with E-state index in [0.29, 0.717) is 17.1 Å². The normalized spacial score (nSPS) is 9.95. The maximum absolute atomic E-state index is 11.7. The van der Waals surface area contributed by atoms with E-state index in [9.17, 15) is 9.59 Å². The molecule has 0 aliphatic rings. The molecule has 1 heterocycles. The lowest BCUT2D eigenvalue weighted by molar-refractivity contribution is -0.119. The van der Waals surface area contributed by atoms with Crippen LogP contribution in [0.25, 0.3) is 0 Å². The van der Waals surface area contributed by atoms with Gasteiger partial charge < -0.3 is 15.8 Å². The van der Waals surface area contributed by atoms with Gasteiger partial charge in [-0.2, -0.15) is 0 Å². The van der Waals surface area contributed by atoms with Crippen LogP contribution in [0.4, 0.5) is 11.5 Å². The van der Waals surface area contributed by atoms with Crippen LogP contribution >= 0.6 is 0 Å². The highest BCUT2D eigenvalue weighted by molar-refractivity contribution is 5.95. The lowest BCUT2D eigenvalue weighted by atomic mass is 10.2. The quantitative estimate of drug-likeness (QED) is 0.659. The summed E-state index contributed by atoms with van der Waals surface area (Å²) in [7, 11) is 0. The molecule has 0 spiro atoms. The van der Waals surface area contributed by atoms with Crippen LogP contribution in [0.1, 0.15) is 16.1 Å². The van der Waals surface area contributed by atoms with Gasteiger partial charge in [0, 0.05) is 11.4 Å². The molecule has 0 aliphatic heterocycles. The van der Waals surface area contributed by atoms with E-state index in [1.165, 1.54) is 12.1 Å². The summed E-state index contributed by atoms with van der Waals surface area (Å²) in [5.41, 5.74) is 7.20. The van der Waals surface area contributed by atoms with Crippen LogP contribution < -0.4 is 11.1 Å². The van der Waals surface area contributed by atoms with Gasteiger partial charge in [0.1, 0.15) is 5.82 Å². The van der Waals surface area contributed by atoms with Crippen molar-refractivity contribution in [3.8, 4) is 0 Å². The summed E-state index contributed by atoms with van der Waals surface area (Å²) in [5.74, 6) is -0.609. The largest absolute Gasteiger partial charge is 0.452 e. The number of nitrogens with one attached hydrogen (secondary N) is 1. The van der Waals surface area contributed by atoms with Crippen LogP contribution in [0, 0.1) is 6.92 Å². The topological polar surface area (TPSA) is 94.3 Å². The summed E-state index contributed by atoms with van der Waals surface area (Å²) in [6.07, 6.45) is 0. The van der Waals surface area contributed by atoms with Crippen LogP contribution in [0.15, 0.2) is 42.5 Å². The Balaban J connectivity index is 1.86. The Hall–Kier alpha value is -2.89. The zero-order chi connectivity index (χ0) is 15.2. The molecule has 6 nitrogen and oxygen atoms in total. The van der Waals surface area contributed by atoms with Crippen molar-refractivity contribution in [3.05, 3.63) is 53.7 Å². The van der Waals surface area contributed by atoms with Crippen molar-refractivity contribution in [1.82, 2.24) is 4.98 Å². The number of carbonyl (C=O) groups excluding carboxylic acids is 2. The number of aryl methyl sites for hydroxylation is 1. The number of amides is 1. The molecule has 1 aromatic carbocycles. The first kappa shape index (κ1) is 14.5. The van der Waals surface area contributed by atoms with Crippen molar-refractivity contribution >= 4 is 23.4 Å². The standard InChI is InChI=1S/C15H15N3O3/c1-10-3-2-4-13(17-10)18-14(19)9-21-15(20)11-5-7-12(16)8-6-11/h2-8H,9,16H2,1H3,(H,17,18,19). The minimum absolute atomic E-state index is 0.339. The molecule has 0 fully saturated rings. The molecule has 1 amide bonds. The van der Waals surface area contributed by atoms with Crippen molar-refractivity contribution < 1.29 is 14.3 Å². The third-order valence-corrected chi connectivity index (χ3v) is 2.64. The highest BCUT2D eigenvalue weighted by atomic mass is 16.5. The highest BCUT2D eigenvalue weighted by Gasteiger charge is 2.10. The van der Waals surface area contributed by atoms with E-state index in [-0.39, 0.29) is 6.61 Å². The number of rotatable bonds is 4. The van der Waals surface area contributed by atoms with Gasteiger partial charge in [0.15, 0.2) is 6.61 Å². The van der Waals surface area contributed by atoms with E-state index < -0.39 is 11.9 Å². The summed E-state index contributed by atoms with van der Waals surface area (Å²) in [6, 6.07) is 11.5. The lowest BCUT2D eigenvalue weighted by Crippen LogP contribution is -2.21. The smallest absolute Gasteiger partial charge is 0.338 e. The summed E-state index contributed by atoms with van der Waals surface area (Å²) < 4.78 is 4.91. The number of carbonyl (C=O) groups is 2. The van der Waals surface area contributed by atoms with Gasteiger partial charge >= 0.3 is 5.97 Å². The van der Waals surface area contributed by atoms with Crippen molar-refractivity contribution in [2.75, 3.05) is 17.7 Å². The van der Waals surface area contributed by atoms with Crippen molar-refractivity contribution in [1.29, 1.82) is 0 Å². The van der Waals surface area contributed by atoms with Gasteiger partial charge in [0.2, 0.25) is 0 Å². The number of nitrogens with zero attached hydrogens (tertiary/aromatic N) is 1. The summed E-state index contributed by atoms with van der Waals surface area (Å²) in [4.78, 5) is 27.5. The van der Waals surface area contributed by atoms with Gasteiger partial charge in [0.05, 0.1) is 5.56 Å². The first-order valence-corrected chi connectivity index (χ1v) is 6.31. The molecule has 0 radical (unpaired) electrons. The zero-order valence-corrected chi connectivity index (χ0v) is 11.5. The number of aromatic nitrogens is 1. The van der Waals surface area contributed by atoms with E-state index in [2.05, 4.69) is 10.3 Å². The maximum Gasteiger partial charge on any atom is 0.338 e. The van der Waals surface area contributed by atoms with Gasteiger partial charge in [-0.3, -0.25) is 4.79 Å². The second-order valence-corrected chi connectivity index (χ2v) is 4.41. The lowest BCUT2D eigenvalue weighted by Gasteiger charge is -2.06. The molecule has 0 aliphatic carbocycles. The fraction of sp³-hybridized carbons (Fsp3) is 0.133. The summed E-state index contributed by atoms with van der Waals surface area (Å²) in [5, 5.41) is 2.55. The zero-order valence-electron chi connectivity index (χ0n) is 11.5. The average Bonchev–Trinajstić information content (AvgIpc) is 2.45. The Bertz CT molecular complexity index is 653. The van der Waals surface area contributed by atoms with Gasteiger partial charge in [-0.1, -0.05) is 6.07 Å². The van der Waals surface area contributed by atoms with Gasteiger partial charge in [0.25, 0.3) is 5.91 Å². The SMILES string of the molecule is Cc1cccc(NC(=O)COC(=O)c2ccc(N)cc2)n1. The molecule has 2 rings (SSSR count). The molecule has 0 saturated carbocycles. The molecule has 0 saturated heterocycles. The summed E-state index contributed by atoms with van der Waals surface area (Å²) in [6.45, 7) is 1.44. The Morgan fingerprint density at radius 3 is 2.57 bits per heavy atom. The fourth-order valence-electron chi connectivity index (χ4n) is 1.63. The van der Waals surface area contributed by atoms with Crippen molar-refractivity contribution in [2.45, 2.75) is 6.92 Å². The van der Waals surface area contributed by atoms with Crippen LogP contribution in [-0.4, -0.2) is 23.5 Å². The van der Waals surface area contributed by atoms with Gasteiger partial charge in [-0.05, 0) is 43.3 Å². The van der Waals surface area contributed by atoms with Gasteiger partial charge in [-0.25, -0.2) is 9.78 Å². The Morgan fingerprint density at radius 2 is 1.90 bits per heavy atom. The monoisotopic (exact) mass is 285 g/mol. The highest BCUT2D eigenvalue weighted by Crippen LogP contribution is 2.07. The van der Waals surface area contributed by atoms with Crippen LogP contribution in [0.2, 0.25) is 0 Å².